The van der Waals surface area contributed by atoms with Crippen molar-refractivity contribution >= 4 is 23.9 Å². The van der Waals surface area contributed by atoms with Gasteiger partial charge in [0, 0.05) is 27.1 Å². The second-order valence-corrected chi connectivity index (χ2v) is 6.48. The van der Waals surface area contributed by atoms with Gasteiger partial charge in [-0.25, -0.2) is 9.18 Å². The fourth-order valence-corrected chi connectivity index (χ4v) is 2.67. The minimum absolute atomic E-state index is 0.0920. The van der Waals surface area contributed by atoms with E-state index in [0.29, 0.717) is 18.1 Å². The predicted molar refractivity (Wildman–Crippen MR) is 112 cm³/mol. The fraction of sp³-hybridized carbons (Fsp3) is 0.381. The van der Waals surface area contributed by atoms with E-state index < -0.39 is 11.2 Å². The Morgan fingerprint density at radius 3 is 2.55 bits per heavy atom. The molecule has 0 atom stereocenters. The van der Waals surface area contributed by atoms with Gasteiger partial charge in [-0.15, -0.1) is 0 Å². The summed E-state index contributed by atoms with van der Waals surface area (Å²) >= 11 is 0. The van der Waals surface area contributed by atoms with Gasteiger partial charge in [0.2, 0.25) is 0 Å². The highest BCUT2D eigenvalue weighted by atomic mass is 19.1. The highest BCUT2D eigenvalue weighted by Crippen LogP contribution is 2.17. The number of ether oxygens (including phenoxy) is 1. The molecule has 29 heavy (non-hydrogen) atoms. The van der Waals surface area contributed by atoms with Gasteiger partial charge in [0.1, 0.15) is 5.82 Å². The van der Waals surface area contributed by atoms with Crippen LogP contribution in [0.3, 0.4) is 0 Å². The van der Waals surface area contributed by atoms with Crippen molar-refractivity contribution in [2.45, 2.75) is 33.2 Å². The number of rotatable bonds is 8. The monoisotopic (exact) mass is 403 g/mol. The number of aliphatic hydroxyl groups excluding tert-OH is 1. The zero-order chi connectivity index (χ0) is 21.4. The summed E-state index contributed by atoms with van der Waals surface area (Å²) in [7, 11) is 1.53. The van der Waals surface area contributed by atoms with E-state index in [1.54, 1.807) is 31.2 Å². The first kappa shape index (κ1) is 22.3. The summed E-state index contributed by atoms with van der Waals surface area (Å²) in [5, 5.41) is 9.07. The second-order valence-electron chi connectivity index (χ2n) is 6.48. The highest BCUT2D eigenvalue weighted by molar-refractivity contribution is 5.80. The molecule has 0 unspecified atom stereocenters. The lowest BCUT2D eigenvalue weighted by Gasteiger charge is -2.13. The Balaban J connectivity index is 2.62. The van der Waals surface area contributed by atoms with Crippen LogP contribution in [-0.4, -0.2) is 33.4 Å². The van der Waals surface area contributed by atoms with E-state index in [1.807, 2.05) is 6.92 Å². The van der Waals surface area contributed by atoms with Crippen molar-refractivity contribution in [3.63, 3.8) is 0 Å². The third kappa shape index (κ3) is 5.74. The molecule has 0 spiro atoms. The van der Waals surface area contributed by atoms with Crippen molar-refractivity contribution < 1.29 is 14.2 Å². The Kier molecular flexibility index (Phi) is 8.09. The Hall–Kier alpha value is -3.00. The van der Waals surface area contributed by atoms with Gasteiger partial charge < -0.3 is 9.84 Å². The third-order valence-electron chi connectivity index (χ3n) is 4.18. The minimum atomic E-state index is -0.524. The molecule has 1 heterocycles. The highest BCUT2D eigenvalue weighted by Gasteiger charge is 2.15. The predicted octanol–water partition coefficient (Wildman–Crippen LogP) is 2.72. The number of hydrogen-bond donors (Lipinski definition) is 1. The first-order chi connectivity index (χ1) is 13.9. The molecule has 0 radical (unpaired) electrons. The van der Waals surface area contributed by atoms with Crippen LogP contribution in [0.1, 0.15) is 37.8 Å². The summed E-state index contributed by atoms with van der Waals surface area (Å²) in [5.74, 6) is 0.155. The quantitative estimate of drug-likeness (QED) is 0.542. The molecule has 0 saturated carbocycles. The largest absolute Gasteiger partial charge is 0.481 e. The molecule has 2 rings (SSSR count). The van der Waals surface area contributed by atoms with E-state index in [1.165, 1.54) is 23.7 Å². The molecule has 0 bridgehead atoms. The summed E-state index contributed by atoms with van der Waals surface area (Å²) < 4.78 is 21.0. The summed E-state index contributed by atoms with van der Waals surface area (Å²) in [6, 6.07) is 5.80. The average molecular weight is 403 g/mol. The molecule has 156 valence electrons. The zero-order valence-corrected chi connectivity index (χ0v) is 16.9. The molecule has 0 aliphatic heterocycles. The van der Waals surface area contributed by atoms with Gasteiger partial charge in [-0.1, -0.05) is 25.1 Å². The van der Waals surface area contributed by atoms with Crippen molar-refractivity contribution in [1.29, 1.82) is 0 Å². The van der Waals surface area contributed by atoms with Crippen molar-refractivity contribution in [3.05, 3.63) is 62.0 Å². The molecule has 0 saturated heterocycles. The Bertz CT molecular complexity index is 1000. The Labute approximate surface area is 168 Å². The van der Waals surface area contributed by atoms with Gasteiger partial charge in [-0.3, -0.25) is 13.9 Å². The maximum atomic E-state index is 13.1. The summed E-state index contributed by atoms with van der Waals surface area (Å²) in [6.45, 7) is 4.04. The molecule has 8 heteroatoms. The van der Waals surface area contributed by atoms with Crippen LogP contribution in [0, 0.1) is 5.82 Å². The van der Waals surface area contributed by atoms with Crippen LogP contribution in [-0.2, 0) is 18.3 Å². The number of hydrogen-bond acceptors (Lipinski definition) is 5. The molecular formula is C21H26FN3O4. The Morgan fingerprint density at radius 2 is 1.93 bits per heavy atom. The fourth-order valence-electron chi connectivity index (χ4n) is 2.67. The smallest absolute Gasteiger partial charge is 0.332 e. The summed E-state index contributed by atoms with van der Waals surface area (Å²) in [4.78, 5) is 30.0. The van der Waals surface area contributed by atoms with Gasteiger partial charge >= 0.3 is 5.69 Å². The maximum Gasteiger partial charge on any atom is 0.332 e. The lowest BCUT2D eigenvalue weighted by atomic mass is 10.1. The van der Waals surface area contributed by atoms with Crippen LogP contribution >= 0.6 is 0 Å². The maximum absolute atomic E-state index is 13.1. The van der Waals surface area contributed by atoms with Crippen molar-refractivity contribution in [3.8, 4) is 0 Å². The topological polar surface area (TPSA) is 85.8 Å². The summed E-state index contributed by atoms with van der Waals surface area (Å²) in [5.41, 5.74) is -0.143. The molecule has 7 nitrogen and oxygen atoms in total. The lowest BCUT2D eigenvalue weighted by molar-refractivity contribution is 0.277. The van der Waals surface area contributed by atoms with Crippen LogP contribution in [0.4, 0.5) is 10.2 Å². The summed E-state index contributed by atoms with van der Waals surface area (Å²) in [6.07, 6.45) is 4.28. The van der Waals surface area contributed by atoms with Crippen LogP contribution in [0.5, 0.6) is 0 Å². The first-order valence-electron chi connectivity index (χ1n) is 9.45. The van der Waals surface area contributed by atoms with Crippen molar-refractivity contribution in [1.82, 2.24) is 9.13 Å². The van der Waals surface area contributed by atoms with Crippen LogP contribution in [0.25, 0.3) is 12.2 Å². The van der Waals surface area contributed by atoms with Crippen molar-refractivity contribution in [2.75, 3.05) is 13.2 Å². The van der Waals surface area contributed by atoms with E-state index in [0.717, 1.165) is 11.0 Å². The van der Waals surface area contributed by atoms with Crippen LogP contribution < -0.4 is 11.2 Å². The number of halogens is 1. The standard InChI is InChI=1S/C21H26FN3O4/c1-4-14-29-15(2)23-19-18(11-8-16-6-9-17(22)10-7-16)20(27)25(12-5-13-26)21(28)24(19)3/h6-11,26H,4-5,12-14H2,1-3H3/b11-8+,23-15+. The second kappa shape index (κ2) is 10.5. The third-order valence-corrected chi connectivity index (χ3v) is 4.18. The molecule has 0 fully saturated rings. The SMILES string of the molecule is CCCO/C(C)=N/c1c(/C=C/c2ccc(F)cc2)c(=O)n(CCCO)c(=O)n1C. The normalized spacial score (nSPS) is 12.0. The lowest BCUT2D eigenvalue weighted by Crippen LogP contribution is -2.40. The van der Waals surface area contributed by atoms with Gasteiger partial charge in [0.25, 0.3) is 5.56 Å². The molecule has 0 amide bonds. The van der Waals surface area contributed by atoms with Crippen LogP contribution in [0.15, 0.2) is 38.8 Å². The number of aromatic nitrogens is 2. The van der Waals surface area contributed by atoms with Gasteiger partial charge in [0.05, 0.1) is 12.2 Å². The van der Waals surface area contributed by atoms with E-state index >= 15 is 0 Å². The molecule has 1 N–H and O–H groups in total. The van der Waals surface area contributed by atoms with E-state index in [4.69, 9.17) is 9.84 Å². The molecule has 1 aromatic heterocycles. The Morgan fingerprint density at radius 1 is 1.24 bits per heavy atom. The zero-order valence-electron chi connectivity index (χ0n) is 16.9. The minimum Gasteiger partial charge on any atom is -0.481 e. The number of aliphatic hydroxyl groups is 1. The first-order valence-corrected chi connectivity index (χ1v) is 9.45. The van der Waals surface area contributed by atoms with E-state index in [9.17, 15) is 14.0 Å². The number of nitrogens with zero attached hydrogens (tertiary/aromatic N) is 3. The van der Waals surface area contributed by atoms with Crippen LogP contribution in [0.2, 0.25) is 0 Å². The van der Waals surface area contributed by atoms with Gasteiger partial charge in [-0.2, -0.15) is 4.99 Å². The molecule has 0 aliphatic carbocycles. The molecule has 0 aliphatic rings. The van der Waals surface area contributed by atoms with Crippen molar-refractivity contribution in [2.24, 2.45) is 12.0 Å². The van der Waals surface area contributed by atoms with Gasteiger partial charge in [0.15, 0.2) is 11.7 Å². The average Bonchev–Trinajstić information content (AvgIpc) is 2.71. The van der Waals surface area contributed by atoms with Gasteiger partial charge in [-0.05, 0) is 36.6 Å². The van der Waals surface area contributed by atoms with E-state index in [2.05, 4.69) is 4.99 Å². The number of aliphatic imine (C=N–C) groups is 1. The number of benzene rings is 1. The van der Waals surface area contributed by atoms with E-state index in [-0.39, 0.29) is 36.8 Å². The molecule has 1 aromatic carbocycles. The molecule has 2 aromatic rings. The molecular weight excluding hydrogens is 377 g/mol.